The highest BCUT2D eigenvalue weighted by molar-refractivity contribution is 7.15. The Hall–Kier alpha value is -2.03. The fourth-order valence-electron chi connectivity index (χ4n) is 2.12. The number of carbonyl (C=O) groups is 1. The van der Waals surface area contributed by atoms with Crippen LogP contribution in [0.3, 0.4) is 0 Å². The molecule has 2 aromatic rings. The minimum atomic E-state index is -0.252. The summed E-state index contributed by atoms with van der Waals surface area (Å²) in [5, 5.41) is 19.1. The molecular weight excluding hydrogens is 278 g/mol. The maximum absolute atomic E-state index is 11.9. The number of aryl methyl sites for hydroxylation is 2. The normalized spacial score (nSPS) is 17.6. The molecule has 1 aliphatic rings. The first-order chi connectivity index (χ1) is 9.74. The lowest BCUT2D eigenvalue weighted by atomic mass is 10.1. The number of hydrogen-bond donors (Lipinski definition) is 2. The Morgan fingerprint density at radius 2 is 2.45 bits per heavy atom. The predicted molar refractivity (Wildman–Crippen MR) is 73.6 cm³/mol. The summed E-state index contributed by atoms with van der Waals surface area (Å²) in [7, 11) is 0. The summed E-state index contributed by atoms with van der Waals surface area (Å²) >= 11 is 1.39. The molecule has 0 fully saturated rings. The van der Waals surface area contributed by atoms with Gasteiger partial charge in [-0.05, 0) is 12.8 Å². The molecule has 1 unspecified atom stereocenters. The highest BCUT2D eigenvalue weighted by atomic mass is 32.1. The molecule has 3 rings (SSSR count). The first kappa shape index (κ1) is 13.0. The molecule has 0 bridgehead atoms. The van der Waals surface area contributed by atoms with E-state index in [1.165, 1.54) is 11.3 Å². The highest BCUT2D eigenvalue weighted by Crippen LogP contribution is 2.16. The number of hydrogen-bond acceptors (Lipinski definition) is 6. The average molecular weight is 293 g/mol. The van der Waals surface area contributed by atoms with E-state index in [4.69, 9.17) is 0 Å². The molecule has 0 saturated carbocycles. The molecule has 3 heterocycles. The molecule has 2 aromatic heterocycles. The van der Waals surface area contributed by atoms with Crippen molar-refractivity contribution in [1.82, 2.24) is 30.3 Å². The van der Waals surface area contributed by atoms with Crippen molar-refractivity contribution in [3.63, 3.8) is 0 Å². The largest absolute Gasteiger partial charge is 0.333 e. The second kappa shape index (κ2) is 5.53. The zero-order valence-electron chi connectivity index (χ0n) is 11.0. The number of fused-ring (bicyclic) bond motifs is 1. The standard InChI is InChI=1S/C11H15N7OS/c1-2-9-16-17-11(20-9)15-10(19)14-7-3-4-8-12-6-13-18(8)5-7/h6-7H,2-5H2,1H3,(H2,14,15,17,19). The molecule has 0 radical (unpaired) electrons. The van der Waals surface area contributed by atoms with E-state index in [1.807, 2.05) is 11.6 Å². The van der Waals surface area contributed by atoms with E-state index in [1.54, 1.807) is 6.33 Å². The van der Waals surface area contributed by atoms with E-state index in [-0.39, 0.29) is 12.1 Å². The van der Waals surface area contributed by atoms with E-state index in [0.717, 1.165) is 30.1 Å². The number of amides is 2. The Morgan fingerprint density at radius 3 is 3.25 bits per heavy atom. The lowest BCUT2D eigenvalue weighted by Crippen LogP contribution is -2.43. The highest BCUT2D eigenvalue weighted by Gasteiger charge is 2.21. The average Bonchev–Trinajstić information content (AvgIpc) is 3.06. The molecule has 106 valence electrons. The van der Waals surface area contributed by atoms with Crippen molar-refractivity contribution in [1.29, 1.82) is 0 Å². The Bertz CT molecular complexity index is 607. The zero-order chi connectivity index (χ0) is 13.9. The van der Waals surface area contributed by atoms with Gasteiger partial charge in [0.15, 0.2) is 0 Å². The number of nitrogens with zero attached hydrogens (tertiary/aromatic N) is 5. The summed E-state index contributed by atoms with van der Waals surface area (Å²) < 4.78 is 1.83. The van der Waals surface area contributed by atoms with Crippen LogP contribution in [0.4, 0.5) is 9.93 Å². The van der Waals surface area contributed by atoms with Gasteiger partial charge in [-0.2, -0.15) is 5.10 Å². The minimum Gasteiger partial charge on any atom is -0.333 e. The van der Waals surface area contributed by atoms with Crippen molar-refractivity contribution in [2.24, 2.45) is 0 Å². The van der Waals surface area contributed by atoms with Gasteiger partial charge in [0.1, 0.15) is 17.2 Å². The van der Waals surface area contributed by atoms with Gasteiger partial charge in [-0.1, -0.05) is 18.3 Å². The van der Waals surface area contributed by atoms with Crippen LogP contribution in [0.5, 0.6) is 0 Å². The van der Waals surface area contributed by atoms with Gasteiger partial charge in [-0.3, -0.25) is 5.32 Å². The third-order valence-electron chi connectivity index (χ3n) is 3.13. The summed E-state index contributed by atoms with van der Waals surface area (Å²) in [6, 6.07) is -0.194. The van der Waals surface area contributed by atoms with Crippen LogP contribution in [-0.4, -0.2) is 37.0 Å². The van der Waals surface area contributed by atoms with E-state index >= 15 is 0 Å². The van der Waals surface area contributed by atoms with Crippen molar-refractivity contribution in [3.05, 3.63) is 17.2 Å². The number of aromatic nitrogens is 5. The molecule has 0 spiro atoms. The molecule has 1 aliphatic heterocycles. The molecule has 20 heavy (non-hydrogen) atoms. The molecular formula is C11H15N7OS. The lowest BCUT2D eigenvalue weighted by Gasteiger charge is -2.23. The number of carbonyl (C=O) groups excluding carboxylic acids is 1. The van der Waals surface area contributed by atoms with Gasteiger partial charge in [0.25, 0.3) is 0 Å². The number of urea groups is 1. The van der Waals surface area contributed by atoms with Crippen LogP contribution < -0.4 is 10.6 Å². The Balaban J connectivity index is 1.54. The molecule has 0 aliphatic carbocycles. The van der Waals surface area contributed by atoms with E-state index in [9.17, 15) is 4.79 Å². The third-order valence-corrected chi connectivity index (χ3v) is 4.11. The van der Waals surface area contributed by atoms with Crippen LogP contribution in [-0.2, 0) is 19.4 Å². The van der Waals surface area contributed by atoms with Crippen LogP contribution in [0.25, 0.3) is 0 Å². The van der Waals surface area contributed by atoms with Gasteiger partial charge in [-0.15, -0.1) is 10.2 Å². The van der Waals surface area contributed by atoms with Crippen LogP contribution in [0.2, 0.25) is 0 Å². The molecule has 9 heteroatoms. The van der Waals surface area contributed by atoms with Crippen LogP contribution in [0, 0.1) is 0 Å². The second-order valence-corrected chi connectivity index (χ2v) is 5.61. The van der Waals surface area contributed by atoms with Crippen molar-refractivity contribution < 1.29 is 4.79 Å². The van der Waals surface area contributed by atoms with Gasteiger partial charge < -0.3 is 5.32 Å². The van der Waals surface area contributed by atoms with Crippen molar-refractivity contribution in [2.45, 2.75) is 38.8 Å². The van der Waals surface area contributed by atoms with Crippen molar-refractivity contribution in [3.8, 4) is 0 Å². The minimum absolute atomic E-state index is 0.0581. The third kappa shape index (κ3) is 2.77. The van der Waals surface area contributed by atoms with Crippen LogP contribution in [0.15, 0.2) is 6.33 Å². The SMILES string of the molecule is CCc1nnc(NC(=O)NC2CCc3ncnn3C2)s1. The van der Waals surface area contributed by atoms with E-state index in [0.29, 0.717) is 11.7 Å². The molecule has 2 N–H and O–H groups in total. The van der Waals surface area contributed by atoms with Gasteiger partial charge in [0.05, 0.1) is 12.6 Å². The van der Waals surface area contributed by atoms with Crippen molar-refractivity contribution in [2.75, 3.05) is 5.32 Å². The first-order valence-corrected chi connectivity index (χ1v) is 7.33. The van der Waals surface area contributed by atoms with Crippen molar-refractivity contribution >= 4 is 22.5 Å². The molecule has 0 saturated heterocycles. The fraction of sp³-hybridized carbons (Fsp3) is 0.545. The summed E-state index contributed by atoms with van der Waals surface area (Å²) in [6.45, 7) is 2.65. The monoisotopic (exact) mass is 293 g/mol. The predicted octanol–water partition coefficient (Wildman–Crippen LogP) is 0.828. The maximum atomic E-state index is 11.9. The molecule has 8 nitrogen and oxygen atoms in total. The van der Waals surface area contributed by atoms with Gasteiger partial charge in [0, 0.05) is 6.42 Å². The summed E-state index contributed by atoms with van der Waals surface area (Å²) in [5.41, 5.74) is 0. The summed E-state index contributed by atoms with van der Waals surface area (Å²) in [4.78, 5) is 16.1. The lowest BCUT2D eigenvalue weighted by molar-refractivity contribution is 0.243. The first-order valence-electron chi connectivity index (χ1n) is 6.51. The number of rotatable bonds is 3. The fourth-order valence-corrected chi connectivity index (χ4v) is 2.80. The topological polar surface area (TPSA) is 97.6 Å². The maximum Gasteiger partial charge on any atom is 0.321 e. The summed E-state index contributed by atoms with van der Waals surface area (Å²) in [6.07, 6.45) is 4.05. The smallest absolute Gasteiger partial charge is 0.321 e. The zero-order valence-corrected chi connectivity index (χ0v) is 11.9. The van der Waals surface area contributed by atoms with Gasteiger partial charge in [-0.25, -0.2) is 14.5 Å². The quantitative estimate of drug-likeness (QED) is 0.873. The van der Waals surface area contributed by atoms with Crippen LogP contribution in [0.1, 0.15) is 24.2 Å². The van der Waals surface area contributed by atoms with Gasteiger partial charge in [0.2, 0.25) is 5.13 Å². The van der Waals surface area contributed by atoms with Crippen LogP contribution >= 0.6 is 11.3 Å². The van der Waals surface area contributed by atoms with Gasteiger partial charge >= 0.3 is 6.03 Å². The Kier molecular flexibility index (Phi) is 3.59. The Morgan fingerprint density at radius 1 is 1.55 bits per heavy atom. The molecule has 2 amide bonds. The van der Waals surface area contributed by atoms with E-state index < -0.39 is 0 Å². The molecule has 1 atom stereocenters. The second-order valence-electron chi connectivity index (χ2n) is 4.55. The van der Waals surface area contributed by atoms with E-state index in [2.05, 4.69) is 30.9 Å². The number of nitrogens with one attached hydrogen (secondary N) is 2. The summed E-state index contributed by atoms with van der Waals surface area (Å²) in [5.74, 6) is 0.972. The number of anilines is 1. The molecule has 0 aromatic carbocycles. The Labute approximate surface area is 119 Å².